The highest BCUT2D eigenvalue weighted by atomic mass is 16.7. The van der Waals surface area contributed by atoms with E-state index in [0.717, 1.165) is 57.8 Å². The second-order valence-electron chi connectivity index (χ2n) is 20.2. The van der Waals surface area contributed by atoms with Gasteiger partial charge >= 0.3 is 11.9 Å². The van der Waals surface area contributed by atoms with E-state index < -0.39 is 24.3 Å². The van der Waals surface area contributed by atoms with Gasteiger partial charge in [0.1, 0.15) is 13.2 Å². The normalized spacial score (nSPS) is 12.9. The second-order valence-corrected chi connectivity index (χ2v) is 20.2. The molecule has 66 heavy (non-hydrogen) atoms. The van der Waals surface area contributed by atoms with Gasteiger partial charge in [-0.25, -0.2) is 0 Å². The lowest BCUT2D eigenvalue weighted by atomic mass is 10.0. The van der Waals surface area contributed by atoms with Crippen molar-refractivity contribution in [2.24, 2.45) is 0 Å². The number of carbonyl (C=O) groups excluding carboxylic acids is 3. The fourth-order valence-corrected chi connectivity index (χ4v) is 8.10. The van der Waals surface area contributed by atoms with E-state index in [1.54, 1.807) is 0 Å². The number of hydrogen-bond donors (Lipinski definition) is 0. The zero-order valence-corrected chi connectivity index (χ0v) is 44.1. The number of nitrogens with zero attached hydrogens (tertiary/aromatic N) is 1. The maximum absolute atomic E-state index is 12.8. The third-order valence-electron chi connectivity index (χ3n) is 12.5. The number of esters is 2. The van der Waals surface area contributed by atoms with Crippen LogP contribution in [0.25, 0.3) is 0 Å². The van der Waals surface area contributed by atoms with Crippen LogP contribution in [0.1, 0.15) is 264 Å². The molecule has 0 bridgehead atoms. The van der Waals surface area contributed by atoms with E-state index >= 15 is 0 Å². The van der Waals surface area contributed by atoms with Gasteiger partial charge in [-0.1, -0.05) is 231 Å². The summed E-state index contributed by atoms with van der Waals surface area (Å²) in [6, 6.07) is 0. The summed E-state index contributed by atoms with van der Waals surface area (Å²) < 4.78 is 22.7. The molecule has 0 aliphatic heterocycles. The van der Waals surface area contributed by atoms with E-state index in [1.807, 2.05) is 21.1 Å². The van der Waals surface area contributed by atoms with Crippen LogP contribution in [0.15, 0.2) is 24.3 Å². The lowest BCUT2D eigenvalue weighted by molar-refractivity contribution is -0.870. The van der Waals surface area contributed by atoms with Crippen LogP contribution in [-0.4, -0.2) is 82.3 Å². The van der Waals surface area contributed by atoms with E-state index in [0.29, 0.717) is 23.9 Å². The van der Waals surface area contributed by atoms with Crippen molar-refractivity contribution in [3.8, 4) is 0 Å². The summed E-state index contributed by atoms with van der Waals surface area (Å²) in [7, 11) is 5.92. The Morgan fingerprint density at radius 2 is 0.818 bits per heavy atom. The van der Waals surface area contributed by atoms with Gasteiger partial charge in [0.2, 0.25) is 0 Å². The van der Waals surface area contributed by atoms with Gasteiger partial charge in [0, 0.05) is 12.8 Å². The van der Waals surface area contributed by atoms with Crippen molar-refractivity contribution in [3.63, 3.8) is 0 Å². The number of carbonyl (C=O) groups is 3. The molecule has 9 nitrogen and oxygen atoms in total. The van der Waals surface area contributed by atoms with Crippen molar-refractivity contribution in [2.45, 2.75) is 277 Å². The Balaban J connectivity index is 4.20. The molecule has 0 fully saturated rings. The molecule has 388 valence electrons. The Bertz CT molecular complexity index is 1130. The number of aliphatic carboxylic acids is 1. The van der Waals surface area contributed by atoms with Gasteiger partial charge in [-0.15, -0.1) is 0 Å². The maximum Gasteiger partial charge on any atom is 0.306 e. The zero-order chi connectivity index (χ0) is 48.4. The van der Waals surface area contributed by atoms with E-state index in [-0.39, 0.29) is 32.2 Å². The van der Waals surface area contributed by atoms with Crippen molar-refractivity contribution >= 4 is 17.9 Å². The van der Waals surface area contributed by atoms with Crippen LogP contribution in [0.2, 0.25) is 0 Å². The lowest BCUT2D eigenvalue weighted by Crippen LogP contribution is -2.44. The van der Waals surface area contributed by atoms with Crippen LogP contribution >= 0.6 is 0 Å². The predicted molar refractivity (Wildman–Crippen MR) is 274 cm³/mol. The third-order valence-corrected chi connectivity index (χ3v) is 12.5. The average Bonchev–Trinajstić information content (AvgIpc) is 3.28. The Kier molecular flexibility index (Phi) is 47.5. The quantitative estimate of drug-likeness (QED) is 0.0195. The molecule has 0 aromatic heterocycles. The SMILES string of the molecule is CCCCCC/C=C\C/C=C\CCCCCCCC(=O)OC(COC(=O)CCCCCCCCCCCCCCCCCCCCCCCCCCC)COC(OCC[N+](C)(C)C)C(=O)[O-]. The molecule has 0 N–H and O–H groups in total. The van der Waals surface area contributed by atoms with Gasteiger partial charge < -0.3 is 33.3 Å². The summed E-state index contributed by atoms with van der Waals surface area (Å²) in [4.78, 5) is 37.2. The van der Waals surface area contributed by atoms with Gasteiger partial charge in [0.05, 0.1) is 40.3 Å². The molecule has 0 aromatic rings. The Hall–Kier alpha value is -2.23. The van der Waals surface area contributed by atoms with Crippen molar-refractivity contribution in [1.82, 2.24) is 0 Å². The lowest BCUT2D eigenvalue weighted by Gasteiger charge is -2.26. The van der Waals surface area contributed by atoms with E-state index in [4.69, 9.17) is 18.9 Å². The second kappa shape index (κ2) is 49.2. The molecule has 0 heterocycles. The number of likely N-dealkylation sites (N-methyl/N-ethyl adjacent to an activating group) is 1. The number of unbranched alkanes of at least 4 members (excludes halogenated alkanes) is 33. The fraction of sp³-hybridized carbons (Fsp3) is 0.877. The van der Waals surface area contributed by atoms with Crippen LogP contribution in [0.4, 0.5) is 0 Å². The van der Waals surface area contributed by atoms with Crippen LogP contribution in [0, 0.1) is 0 Å². The molecule has 0 spiro atoms. The van der Waals surface area contributed by atoms with Crippen molar-refractivity contribution < 1.29 is 42.9 Å². The number of ether oxygens (including phenoxy) is 4. The van der Waals surface area contributed by atoms with Gasteiger partial charge in [0.25, 0.3) is 0 Å². The minimum atomic E-state index is -1.62. The summed E-state index contributed by atoms with van der Waals surface area (Å²) in [5, 5.41) is 11.7. The number of carboxylic acid groups (broad SMARTS) is 1. The van der Waals surface area contributed by atoms with Crippen LogP contribution < -0.4 is 5.11 Å². The summed E-state index contributed by atoms with van der Waals surface area (Å²) in [5.41, 5.74) is 0. The first-order valence-corrected chi connectivity index (χ1v) is 28.0. The number of carboxylic acids is 1. The topological polar surface area (TPSA) is 111 Å². The highest BCUT2D eigenvalue weighted by Gasteiger charge is 2.22. The molecule has 0 aliphatic carbocycles. The molecule has 0 saturated heterocycles. The predicted octanol–water partition coefficient (Wildman–Crippen LogP) is 14.6. The van der Waals surface area contributed by atoms with Gasteiger partial charge in [-0.05, 0) is 44.9 Å². The average molecular weight is 934 g/mol. The number of allylic oxidation sites excluding steroid dienone is 4. The van der Waals surface area contributed by atoms with Crippen LogP contribution in [0.5, 0.6) is 0 Å². The van der Waals surface area contributed by atoms with Crippen LogP contribution in [-0.2, 0) is 33.3 Å². The molecule has 0 aliphatic rings. The molecular weight excluding hydrogens is 827 g/mol. The Morgan fingerprint density at radius 3 is 1.21 bits per heavy atom. The van der Waals surface area contributed by atoms with Crippen molar-refractivity contribution in [3.05, 3.63) is 24.3 Å². The van der Waals surface area contributed by atoms with E-state index in [2.05, 4.69) is 38.2 Å². The van der Waals surface area contributed by atoms with Crippen LogP contribution in [0.3, 0.4) is 0 Å². The zero-order valence-electron chi connectivity index (χ0n) is 44.1. The number of rotatable bonds is 52. The van der Waals surface area contributed by atoms with Gasteiger partial charge in [-0.2, -0.15) is 0 Å². The molecule has 0 radical (unpaired) electrons. The molecule has 9 heteroatoms. The minimum absolute atomic E-state index is 0.147. The molecule has 2 unspecified atom stereocenters. The summed E-state index contributed by atoms with van der Waals surface area (Å²) in [5.74, 6) is -2.29. The monoisotopic (exact) mass is 934 g/mol. The first-order chi connectivity index (χ1) is 32.1. The van der Waals surface area contributed by atoms with E-state index in [9.17, 15) is 19.5 Å². The highest BCUT2D eigenvalue weighted by Crippen LogP contribution is 2.17. The third kappa shape index (κ3) is 49.7. The number of quaternary nitrogens is 1. The first-order valence-electron chi connectivity index (χ1n) is 28.0. The fourth-order valence-electron chi connectivity index (χ4n) is 8.10. The highest BCUT2D eigenvalue weighted by molar-refractivity contribution is 5.70. The smallest absolute Gasteiger partial charge is 0.306 e. The largest absolute Gasteiger partial charge is 0.545 e. The molecule has 0 amide bonds. The van der Waals surface area contributed by atoms with Gasteiger partial charge in [-0.3, -0.25) is 9.59 Å². The Labute approximate surface area is 407 Å². The summed E-state index contributed by atoms with van der Waals surface area (Å²) in [6.07, 6.45) is 53.7. The minimum Gasteiger partial charge on any atom is -0.545 e. The molecule has 2 atom stereocenters. The van der Waals surface area contributed by atoms with E-state index in [1.165, 1.54) is 173 Å². The maximum atomic E-state index is 12.8. The standard InChI is InChI=1S/C57H107NO8/c1-6-8-10-12-14-16-18-20-22-24-25-26-27-28-29-30-31-32-34-35-37-39-41-43-45-47-54(59)64-51-53(52-65-57(56(61)62)63-50-49-58(3,4)5)66-55(60)48-46-44-42-40-38-36-33-23-21-19-17-15-13-11-9-7-2/h17,19,23,33,53,57H,6-16,18,20-22,24-32,34-52H2,1-5H3/b19-17-,33-23-. The summed E-state index contributed by atoms with van der Waals surface area (Å²) in [6.45, 7) is 4.75. The molecule has 0 aromatic carbocycles. The molecule has 0 rings (SSSR count). The van der Waals surface area contributed by atoms with Crippen molar-refractivity contribution in [2.75, 3.05) is 47.5 Å². The van der Waals surface area contributed by atoms with Gasteiger partial charge in [0.15, 0.2) is 12.4 Å². The summed E-state index contributed by atoms with van der Waals surface area (Å²) >= 11 is 0. The first kappa shape index (κ1) is 63.8. The Morgan fingerprint density at radius 1 is 0.455 bits per heavy atom. The number of hydrogen-bond acceptors (Lipinski definition) is 8. The van der Waals surface area contributed by atoms with Crippen molar-refractivity contribution in [1.29, 1.82) is 0 Å². The molecule has 0 saturated carbocycles. The molecular formula is C57H107NO8.